The Morgan fingerprint density at radius 1 is 0.917 bits per heavy atom. The molecule has 1 aromatic heterocycles. The number of para-hydroxylation sites is 2. The molecule has 4 heteroatoms. The number of unbranched alkanes of at least 4 members (excludes halogenated alkanes) is 4. The fraction of sp³-hybridized carbons (Fsp3) is 0.350. The van der Waals surface area contributed by atoms with Gasteiger partial charge in [-0.15, -0.1) is 5.10 Å². The molecule has 0 amide bonds. The molecular weight excluding hydrogens is 296 g/mol. The van der Waals surface area contributed by atoms with Crippen LogP contribution in [0.3, 0.4) is 0 Å². The highest BCUT2D eigenvalue weighted by molar-refractivity contribution is 5.93. The molecule has 24 heavy (non-hydrogen) atoms. The molecule has 0 saturated heterocycles. The van der Waals surface area contributed by atoms with Crippen LogP contribution in [0, 0.1) is 0 Å². The number of benzene rings is 2. The Kier molecular flexibility index (Phi) is 5.72. The number of hydrogen-bond acceptors (Lipinski definition) is 3. The van der Waals surface area contributed by atoms with Gasteiger partial charge in [0.2, 0.25) is 0 Å². The zero-order valence-corrected chi connectivity index (χ0v) is 14.2. The van der Waals surface area contributed by atoms with Crippen LogP contribution < -0.4 is 0 Å². The van der Waals surface area contributed by atoms with Crippen molar-refractivity contribution in [3.8, 4) is 0 Å². The predicted molar refractivity (Wildman–Crippen MR) is 99.8 cm³/mol. The third kappa shape index (κ3) is 4.07. The fourth-order valence-corrected chi connectivity index (χ4v) is 2.81. The van der Waals surface area contributed by atoms with Gasteiger partial charge < -0.3 is 0 Å². The van der Waals surface area contributed by atoms with E-state index in [-0.39, 0.29) is 0 Å². The number of rotatable bonds is 7. The van der Waals surface area contributed by atoms with Gasteiger partial charge in [-0.25, -0.2) is 4.99 Å². The van der Waals surface area contributed by atoms with Gasteiger partial charge in [0.1, 0.15) is 11.4 Å². The molecule has 0 spiro atoms. The molecule has 0 saturated carbocycles. The van der Waals surface area contributed by atoms with E-state index in [4.69, 9.17) is 4.99 Å². The molecule has 2 aromatic carbocycles. The van der Waals surface area contributed by atoms with Crippen molar-refractivity contribution in [1.82, 2.24) is 15.0 Å². The second-order valence-electron chi connectivity index (χ2n) is 6.02. The molecule has 0 aliphatic carbocycles. The van der Waals surface area contributed by atoms with Gasteiger partial charge >= 0.3 is 0 Å². The van der Waals surface area contributed by atoms with E-state index in [9.17, 15) is 0 Å². The maximum Gasteiger partial charge on any atom is 0.132 e. The van der Waals surface area contributed by atoms with Crippen LogP contribution >= 0.6 is 0 Å². The zero-order valence-electron chi connectivity index (χ0n) is 14.2. The molecule has 0 radical (unpaired) electrons. The summed E-state index contributed by atoms with van der Waals surface area (Å²) in [5.74, 6) is 0.964. The van der Waals surface area contributed by atoms with Gasteiger partial charge in [-0.2, -0.15) is 4.68 Å². The van der Waals surface area contributed by atoms with Crippen molar-refractivity contribution < 1.29 is 0 Å². The highest BCUT2D eigenvalue weighted by Gasteiger charge is 2.10. The summed E-state index contributed by atoms with van der Waals surface area (Å²) in [4.78, 5) is 4.85. The number of aromatic nitrogens is 3. The highest BCUT2D eigenvalue weighted by Crippen LogP contribution is 2.17. The maximum atomic E-state index is 4.85. The Bertz CT molecular complexity index is 790. The average molecular weight is 320 g/mol. The maximum absolute atomic E-state index is 4.85. The summed E-state index contributed by atoms with van der Waals surface area (Å²) in [5.41, 5.74) is 2.88. The van der Waals surface area contributed by atoms with Crippen LogP contribution in [0.25, 0.3) is 11.0 Å². The van der Waals surface area contributed by atoms with E-state index in [0.717, 1.165) is 35.4 Å². The van der Waals surface area contributed by atoms with Crippen molar-refractivity contribution in [1.29, 1.82) is 0 Å². The van der Waals surface area contributed by atoms with Crippen LogP contribution in [-0.2, 0) is 0 Å². The monoisotopic (exact) mass is 320 g/mol. The van der Waals surface area contributed by atoms with Crippen LogP contribution in [0.4, 0.5) is 5.69 Å². The topological polar surface area (TPSA) is 43.1 Å². The number of hydrogen-bond donors (Lipinski definition) is 0. The fourth-order valence-electron chi connectivity index (χ4n) is 2.81. The van der Waals surface area contributed by atoms with Gasteiger partial charge in [0.05, 0.1) is 11.2 Å². The molecule has 124 valence electrons. The molecule has 4 nitrogen and oxygen atoms in total. The van der Waals surface area contributed by atoms with Gasteiger partial charge in [0.15, 0.2) is 0 Å². The Morgan fingerprint density at radius 3 is 2.50 bits per heavy atom. The molecule has 1 heterocycles. The van der Waals surface area contributed by atoms with Crippen molar-refractivity contribution in [2.75, 3.05) is 0 Å². The first kappa shape index (κ1) is 16.4. The minimum absolute atomic E-state index is 0.907. The van der Waals surface area contributed by atoms with Crippen LogP contribution in [0.2, 0.25) is 0 Å². The van der Waals surface area contributed by atoms with Crippen molar-refractivity contribution in [3.63, 3.8) is 0 Å². The predicted octanol–water partition coefficient (Wildman–Crippen LogP) is 5.37. The van der Waals surface area contributed by atoms with Crippen molar-refractivity contribution in [2.45, 2.75) is 45.4 Å². The molecule has 0 bridgehead atoms. The van der Waals surface area contributed by atoms with Crippen LogP contribution in [-0.4, -0.2) is 20.8 Å². The third-order valence-electron chi connectivity index (χ3n) is 4.11. The summed E-state index contributed by atoms with van der Waals surface area (Å²) in [7, 11) is 0. The number of nitrogens with zero attached hydrogens (tertiary/aromatic N) is 4. The molecule has 0 atom stereocenters. The minimum atomic E-state index is 0.907. The molecule has 3 aromatic rings. The van der Waals surface area contributed by atoms with Gasteiger partial charge in [-0.1, -0.05) is 68.2 Å². The molecule has 0 aliphatic rings. The normalized spacial score (nSPS) is 12.0. The smallest absolute Gasteiger partial charge is 0.132 e. The van der Waals surface area contributed by atoms with Crippen LogP contribution in [0.1, 0.15) is 45.4 Å². The summed E-state index contributed by atoms with van der Waals surface area (Å²) in [6, 6.07) is 18.1. The average Bonchev–Trinajstić information content (AvgIpc) is 3.05. The van der Waals surface area contributed by atoms with Crippen LogP contribution in [0.5, 0.6) is 0 Å². The molecule has 0 aliphatic heterocycles. The van der Waals surface area contributed by atoms with Gasteiger partial charge in [0, 0.05) is 6.42 Å². The highest BCUT2D eigenvalue weighted by atomic mass is 15.4. The largest absolute Gasteiger partial charge is 0.233 e. The summed E-state index contributed by atoms with van der Waals surface area (Å²) < 4.78 is 1.89. The molecule has 0 fully saturated rings. The summed E-state index contributed by atoms with van der Waals surface area (Å²) in [5, 5.41) is 8.61. The minimum Gasteiger partial charge on any atom is -0.233 e. The first-order valence-corrected chi connectivity index (χ1v) is 8.82. The lowest BCUT2D eigenvalue weighted by atomic mass is 10.1. The van der Waals surface area contributed by atoms with Gasteiger partial charge in [-0.3, -0.25) is 0 Å². The quantitative estimate of drug-likeness (QED) is 0.334. The van der Waals surface area contributed by atoms with Gasteiger partial charge in [0.25, 0.3) is 0 Å². The lowest BCUT2D eigenvalue weighted by molar-refractivity contribution is 0.638. The third-order valence-corrected chi connectivity index (χ3v) is 4.11. The lowest BCUT2D eigenvalue weighted by Gasteiger charge is -2.08. The van der Waals surface area contributed by atoms with Gasteiger partial charge in [-0.05, 0) is 30.7 Å². The molecule has 3 rings (SSSR count). The Balaban J connectivity index is 1.86. The Labute approximate surface area is 143 Å². The second-order valence-corrected chi connectivity index (χ2v) is 6.02. The molecular formula is C20H24N4. The van der Waals surface area contributed by atoms with E-state index in [1.165, 1.54) is 25.7 Å². The van der Waals surface area contributed by atoms with Crippen LogP contribution in [0.15, 0.2) is 59.6 Å². The Hall–Kier alpha value is -2.49. The van der Waals surface area contributed by atoms with E-state index < -0.39 is 0 Å². The number of fused-ring (bicyclic) bond motifs is 1. The summed E-state index contributed by atoms with van der Waals surface area (Å²) >= 11 is 0. The standard InChI is InChI=1S/C20H24N4/c1-2-3-4-5-9-16-20(21-17-12-7-6-8-13-17)24-19-15-11-10-14-18(19)22-23-24/h6-8,10-15H,2-5,9,16H2,1H3. The van der Waals surface area contributed by atoms with E-state index in [1.807, 2.05) is 59.3 Å². The number of aliphatic imine (C=N–C) groups is 1. The summed E-state index contributed by atoms with van der Waals surface area (Å²) in [6.07, 6.45) is 7.11. The van der Waals surface area contributed by atoms with E-state index in [0.29, 0.717) is 0 Å². The second kappa shape index (κ2) is 8.39. The molecule has 0 N–H and O–H groups in total. The summed E-state index contributed by atoms with van der Waals surface area (Å²) in [6.45, 7) is 2.24. The van der Waals surface area contributed by atoms with Crippen molar-refractivity contribution in [2.24, 2.45) is 4.99 Å². The van der Waals surface area contributed by atoms with E-state index >= 15 is 0 Å². The van der Waals surface area contributed by atoms with E-state index in [1.54, 1.807) is 0 Å². The SMILES string of the molecule is CCCCCCCC(=Nc1ccccc1)n1nnc2ccccc21. The Morgan fingerprint density at radius 2 is 1.67 bits per heavy atom. The molecule has 0 unspecified atom stereocenters. The van der Waals surface area contributed by atoms with Crippen molar-refractivity contribution >= 4 is 22.6 Å². The lowest BCUT2D eigenvalue weighted by Crippen LogP contribution is -2.13. The first-order chi connectivity index (χ1) is 11.9. The zero-order chi connectivity index (χ0) is 16.6. The van der Waals surface area contributed by atoms with E-state index in [2.05, 4.69) is 17.2 Å². The van der Waals surface area contributed by atoms with Crippen molar-refractivity contribution in [3.05, 3.63) is 54.6 Å². The first-order valence-electron chi connectivity index (χ1n) is 8.82.